The molecule has 0 spiro atoms. The molecule has 0 aliphatic carbocycles. The molecule has 35 heavy (non-hydrogen) atoms. The number of aryl methyl sites for hydroxylation is 2. The molecule has 0 unspecified atom stereocenters. The lowest BCUT2D eigenvalue weighted by Gasteiger charge is -2.07. The number of aromatic nitrogens is 2. The SMILES string of the molecule is Nc1c(-c2cc(Cc3ccc(CCc4cccc(F)c4F)cc3)no2)ccc[n+]1COP(=O)(O)O. The summed E-state index contributed by atoms with van der Waals surface area (Å²) in [7, 11) is -4.65. The minimum atomic E-state index is -4.65. The van der Waals surface area contributed by atoms with Gasteiger partial charge < -0.3 is 14.3 Å². The van der Waals surface area contributed by atoms with Crippen LogP contribution in [0.15, 0.2) is 71.4 Å². The molecular weight excluding hydrogens is 479 g/mol. The average molecular weight is 502 g/mol. The normalized spacial score (nSPS) is 11.7. The van der Waals surface area contributed by atoms with Crippen molar-refractivity contribution in [1.82, 2.24) is 5.16 Å². The highest BCUT2D eigenvalue weighted by Crippen LogP contribution is 2.35. The number of nitrogens with two attached hydrogens (primary N) is 1. The van der Waals surface area contributed by atoms with Gasteiger partial charge in [-0.3, -0.25) is 5.73 Å². The lowest BCUT2D eigenvalue weighted by atomic mass is 10.0. The highest BCUT2D eigenvalue weighted by Gasteiger charge is 2.20. The highest BCUT2D eigenvalue weighted by atomic mass is 31.2. The topological polar surface area (TPSA) is 123 Å². The van der Waals surface area contributed by atoms with Crippen LogP contribution in [0.25, 0.3) is 11.3 Å². The van der Waals surface area contributed by atoms with Gasteiger partial charge in [-0.05, 0) is 47.7 Å². The van der Waals surface area contributed by atoms with Gasteiger partial charge in [0.05, 0.1) is 11.9 Å². The Kier molecular flexibility index (Phi) is 7.37. The van der Waals surface area contributed by atoms with Crippen LogP contribution in [0.3, 0.4) is 0 Å². The summed E-state index contributed by atoms with van der Waals surface area (Å²) in [6.07, 6.45) is 2.99. The Hall–Kier alpha value is -3.43. The summed E-state index contributed by atoms with van der Waals surface area (Å²) in [4.78, 5) is 17.8. The summed E-state index contributed by atoms with van der Waals surface area (Å²) in [5, 5.41) is 4.09. The molecule has 8 nitrogen and oxygen atoms in total. The van der Waals surface area contributed by atoms with Crippen molar-refractivity contribution < 1.29 is 36.7 Å². The Bertz CT molecular complexity index is 1370. The number of halogens is 2. The predicted molar refractivity (Wildman–Crippen MR) is 123 cm³/mol. The molecule has 0 atom stereocenters. The second kappa shape index (κ2) is 10.5. The first-order chi connectivity index (χ1) is 16.7. The molecule has 0 aliphatic rings. The number of phosphoric acid groups is 1. The minimum Gasteiger partial charge on any atom is -0.356 e. The summed E-state index contributed by atoms with van der Waals surface area (Å²) in [5.74, 6) is -1.05. The fraction of sp³-hybridized carbons (Fsp3) is 0.167. The fourth-order valence-electron chi connectivity index (χ4n) is 3.60. The van der Waals surface area contributed by atoms with Crippen LogP contribution in [0, 0.1) is 11.6 Å². The Morgan fingerprint density at radius 2 is 1.77 bits per heavy atom. The molecule has 0 radical (unpaired) electrons. The van der Waals surface area contributed by atoms with Crippen LogP contribution in [0.1, 0.15) is 22.4 Å². The third-order valence-corrected chi connectivity index (χ3v) is 5.88. The summed E-state index contributed by atoms with van der Waals surface area (Å²) in [5.41, 5.74) is 9.60. The van der Waals surface area contributed by atoms with Crippen molar-refractivity contribution in [1.29, 1.82) is 0 Å². The van der Waals surface area contributed by atoms with E-state index in [1.807, 2.05) is 24.3 Å². The molecule has 0 saturated heterocycles. The maximum Gasteiger partial charge on any atom is 0.472 e. The van der Waals surface area contributed by atoms with Crippen molar-refractivity contribution >= 4 is 13.6 Å². The number of nitrogens with zero attached hydrogens (tertiary/aromatic N) is 2. The molecule has 182 valence electrons. The summed E-state index contributed by atoms with van der Waals surface area (Å²) in [6, 6.07) is 17.0. The van der Waals surface area contributed by atoms with E-state index in [0.717, 1.165) is 17.2 Å². The van der Waals surface area contributed by atoms with Crippen LogP contribution in [-0.2, 0) is 35.1 Å². The van der Waals surface area contributed by atoms with Gasteiger partial charge in [-0.15, -0.1) is 0 Å². The van der Waals surface area contributed by atoms with Gasteiger partial charge in [-0.2, -0.15) is 0 Å². The summed E-state index contributed by atoms with van der Waals surface area (Å²) >= 11 is 0. The third kappa shape index (κ3) is 6.37. The summed E-state index contributed by atoms with van der Waals surface area (Å²) in [6.45, 7) is -0.427. The number of hydrogen-bond donors (Lipinski definition) is 3. The van der Waals surface area contributed by atoms with Gasteiger partial charge in [0.25, 0.3) is 5.82 Å². The first-order valence-corrected chi connectivity index (χ1v) is 12.2. The minimum absolute atomic E-state index is 0.197. The van der Waals surface area contributed by atoms with Crippen molar-refractivity contribution in [3.05, 3.63) is 101 Å². The van der Waals surface area contributed by atoms with Gasteiger partial charge in [0.2, 0.25) is 6.73 Å². The molecule has 0 amide bonds. The van der Waals surface area contributed by atoms with Gasteiger partial charge in [0.1, 0.15) is 5.56 Å². The molecule has 2 heterocycles. The number of pyridine rings is 1. The largest absolute Gasteiger partial charge is 0.472 e. The van der Waals surface area contributed by atoms with Crippen molar-refractivity contribution in [3.63, 3.8) is 0 Å². The molecule has 0 bridgehead atoms. The third-order valence-electron chi connectivity index (χ3n) is 5.43. The molecule has 0 fully saturated rings. The van der Waals surface area contributed by atoms with E-state index in [4.69, 9.17) is 20.0 Å². The van der Waals surface area contributed by atoms with E-state index in [1.54, 1.807) is 24.3 Å². The molecule has 4 N–H and O–H groups in total. The second-order valence-electron chi connectivity index (χ2n) is 7.91. The second-order valence-corrected chi connectivity index (χ2v) is 9.15. The maximum atomic E-state index is 13.8. The van der Waals surface area contributed by atoms with Gasteiger partial charge >= 0.3 is 7.82 Å². The fourth-order valence-corrected chi connectivity index (χ4v) is 3.87. The standard InChI is InChI=1S/C24H22F2N3O5P/c25-21-5-1-3-18(23(21)26)11-10-16-6-8-17(9-7-16)13-19-14-22(34-28-19)20-4-2-12-29(24(20)27)15-33-35(30,31)32/h1-9,12,14,27H,10-11,13,15H2,(H2,30,31,32)/p+1. The zero-order chi connectivity index (χ0) is 25.0. The van der Waals surface area contributed by atoms with Crippen molar-refractivity contribution in [2.24, 2.45) is 0 Å². The van der Waals surface area contributed by atoms with Crippen LogP contribution in [0.5, 0.6) is 0 Å². The molecular formula is C24H23F2N3O5P+. The van der Waals surface area contributed by atoms with E-state index >= 15 is 0 Å². The van der Waals surface area contributed by atoms with Gasteiger partial charge in [-0.25, -0.2) is 22.4 Å². The van der Waals surface area contributed by atoms with Gasteiger partial charge in [-0.1, -0.05) is 41.6 Å². The van der Waals surface area contributed by atoms with Crippen molar-refractivity contribution in [3.8, 4) is 11.3 Å². The van der Waals surface area contributed by atoms with E-state index in [1.165, 1.54) is 16.8 Å². The Labute approximate surface area is 199 Å². The maximum absolute atomic E-state index is 13.8. The average Bonchev–Trinajstić information content (AvgIpc) is 3.28. The first-order valence-electron chi connectivity index (χ1n) is 10.6. The molecule has 4 rings (SSSR count). The van der Waals surface area contributed by atoms with Gasteiger partial charge in [0, 0.05) is 12.5 Å². The Morgan fingerprint density at radius 1 is 1.03 bits per heavy atom. The van der Waals surface area contributed by atoms with Crippen LogP contribution in [0.4, 0.5) is 14.6 Å². The smallest absolute Gasteiger partial charge is 0.356 e. The van der Waals surface area contributed by atoms with Crippen molar-refractivity contribution in [2.75, 3.05) is 5.73 Å². The Morgan fingerprint density at radius 3 is 2.51 bits per heavy atom. The summed E-state index contributed by atoms with van der Waals surface area (Å²) < 4.78 is 49.4. The molecule has 2 aromatic carbocycles. The number of benzene rings is 2. The van der Waals surface area contributed by atoms with E-state index in [-0.39, 0.29) is 5.82 Å². The van der Waals surface area contributed by atoms with Crippen LogP contribution in [0.2, 0.25) is 0 Å². The quantitative estimate of drug-likeness (QED) is 0.234. The van der Waals surface area contributed by atoms with E-state index in [0.29, 0.717) is 41.8 Å². The van der Waals surface area contributed by atoms with E-state index in [2.05, 4.69) is 9.68 Å². The van der Waals surface area contributed by atoms with Crippen molar-refractivity contribution in [2.45, 2.75) is 26.0 Å². The van der Waals surface area contributed by atoms with Gasteiger partial charge in [0.15, 0.2) is 17.4 Å². The molecule has 11 heteroatoms. The van der Waals surface area contributed by atoms with Crippen LogP contribution >= 0.6 is 7.82 Å². The first kappa shape index (κ1) is 24.7. The zero-order valence-electron chi connectivity index (χ0n) is 18.5. The lowest BCUT2D eigenvalue weighted by molar-refractivity contribution is -0.711. The number of rotatable bonds is 9. The van der Waals surface area contributed by atoms with E-state index in [9.17, 15) is 13.3 Å². The monoisotopic (exact) mass is 502 g/mol. The lowest BCUT2D eigenvalue weighted by Crippen LogP contribution is -2.38. The zero-order valence-corrected chi connectivity index (χ0v) is 19.4. The van der Waals surface area contributed by atoms with Crippen LogP contribution < -0.4 is 10.3 Å². The predicted octanol–water partition coefficient (Wildman–Crippen LogP) is 3.93. The Balaban J connectivity index is 1.40. The molecule has 0 aliphatic heterocycles. The number of anilines is 1. The molecule has 4 aromatic rings. The molecule has 0 saturated carbocycles. The highest BCUT2D eigenvalue weighted by molar-refractivity contribution is 7.46. The number of nitrogen functional groups attached to an aromatic ring is 1. The number of hydrogen-bond acceptors (Lipinski definition) is 5. The molecule has 2 aromatic heterocycles. The van der Waals surface area contributed by atoms with E-state index < -0.39 is 26.2 Å². The van der Waals surface area contributed by atoms with Crippen LogP contribution in [-0.4, -0.2) is 14.9 Å². The number of phosphoric ester groups is 1.